The molecule has 2 N–H and O–H groups in total. The standard InChI is InChI=1S/C8H13N5O3/c1-11-7(13(14)15)4-10-8(11)5-3-6(9)16-12(5)2/h4-6H,3,9H2,1-2H3. The van der Waals surface area contributed by atoms with Crippen molar-refractivity contribution < 1.29 is 9.76 Å². The number of imidazole rings is 1. The third kappa shape index (κ3) is 1.66. The SMILES string of the molecule is CN1OC(N)CC1c1ncc([N+](=O)[O-])n1C. The van der Waals surface area contributed by atoms with E-state index in [1.807, 2.05) is 0 Å². The smallest absolute Gasteiger partial charge is 0.342 e. The molecule has 0 amide bonds. The Kier molecular flexibility index (Phi) is 2.62. The molecule has 8 nitrogen and oxygen atoms in total. The van der Waals surface area contributed by atoms with Crippen LogP contribution in [0.3, 0.4) is 0 Å². The number of nitro groups is 1. The second-order valence-electron chi connectivity index (χ2n) is 3.73. The number of hydroxylamine groups is 2. The molecular formula is C8H13N5O3. The number of aromatic nitrogens is 2. The largest absolute Gasteiger partial charge is 0.358 e. The first kappa shape index (κ1) is 11.0. The molecule has 88 valence electrons. The molecule has 16 heavy (non-hydrogen) atoms. The number of hydrogen-bond donors (Lipinski definition) is 1. The molecule has 2 rings (SSSR count). The van der Waals surface area contributed by atoms with Gasteiger partial charge in [0.25, 0.3) is 0 Å². The zero-order valence-corrected chi connectivity index (χ0v) is 9.03. The average Bonchev–Trinajstić information content (AvgIpc) is 2.69. The van der Waals surface area contributed by atoms with Gasteiger partial charge in [-0.1, -0.05) is 0 Å². The van der Waals surface area contributed by atoms with Crippen LogP contribution in [-0.4, -0.2) is 32.8 Å². The Bertz CT molecular complexity index is 418. The molecule has 0 saturated carbocycles. The molecule has 1 aliphatic rings. The Morgan fingerprint density at radius 1 is 1.69 bits per heavy atom. The molecule has 0 bridgehead atoms. The van der Waals surface area contributed by atoms with Crippen molar-refractivity contribution in [3.63, 3.8) is 0 Å². The minimum absolute atomic E-state index is 0.0381. The lowest BCUT2D eigenvalue weighted by Gasteiger charge is -2.14. The van der Waals surface area contributed by atoms with E-state index in [-0.39, 0.29) is 18.1 Å². The predicted octanol–water partition coefficient (Wildman–Crippen LogP) is -0.0787. The first-order valence-electron chi connectivity index (χ1n) is 4.82. The minimum atomic E-state index is -0.466. The van der Waals surface area contributed by atoms with Gasteiger partial charge in [-0.3, -0.25) is 4.84 Å². The highest BCUT2D eigenvalue weighted by Crippen LogP contribution is 2.31. The van der Waals surface area contributed by atoms with Crippen LogP contribution in [0.15, 0.2) is 6.20 Å². The number of rotatable bonds is 2. The summed E-state index contributed by atoms with van der Waals surface area (Å²) in [4.78, 5) is 19.5. The Labute approximate surface area is 91.7 Å². The van der Waals surface area contributed by atoms with Crippen molar-refractivity contribution in [2.45, 2.75) is 18.7 Å². The predicted molar refractivity (Wildman–Crippen MR) is 54.0 cm³/mol. The zero-order chi connectivity index (χ0) is 11.9. The van der Waals surface area contributed by atoms with E-state index in [1.54, 1.807) is 19.2 Å². The maximum Gasteiger partial charge on any atom is 0.342 e. The monoisotopic (exact) mass is 227 g/mol. The van der Waals surface area contributed by atoms with Gasteiger partial charge in [0.1, 0.15) is 18.5 Å². The molecular weight excluding hydrogens is 214 g/mol. The second-order valence-corrected chi connectivity index (χ2v) is 3.73. The van der Waals surface area contributed by atoms with E-state index in [0.717, 1.165) is 0 Å². The fourth-order valence-electron chi connectivity index (χ4n) is 1.86. The molecule has 0 aromatic carbocycles. The van der Waals surface area contributed by atoms with Gasteiger partial charge >= 0.3 is 5.82 Å². The third-order valence-corrected chi connectivity index (χ3v) is 2.68. The van der Waals surface area contributed by atoms with Crippen molar-refractivity contribution in [3.05, 3.63) is 22.1 Å². The van der Waals surface area contributed by atoms with Crippen LogP contribution in [-0.2, 0) is 11.9 Å². The van der Waals surface area contributed by atoms with Gasteiger partial charge in [0.15, 0.2) is 0 Å². The molecule has 2 heterocycles. The van der Waals surface area contributed by atoms with E-state index in [9.17, 15) is 10.1 Å². The normalized spacial score (nSPS) is 26.2. The summed E-state index contributed by atoms with van der Waals surface area (Å²) in [6.45, 7) is 0. The van der Waals surface area contributed by atoms with Crippen LogP contribution in [0.2, 0.25) is 0 Å². The summed E-state index contributed by atoms with van der Waals surface area (Å²) in [6, 6.07) is -0.145. The van der Waals surface area contributed by atoms with Gasteiger partial charge in [-0.25, -0.2) is 9.55 Å². The number of nitrogens with zero attached hydrogens (tertiary/aromatic N) is 4. The van der Waals surface area contributed by atoms with Gasteiger partial charge in [0, 0.05) is 13.5 Å². The van der Waals surface area contributed by atoms with E-state index in [2.05, 4.69) is 4.98 Å². The van der Waals surface area contributed by atoms with Gasteiger partial charge < -0.3 is 15.8 Å². The van der Waals surface area contributed by atoms with Gasteiger partial charge in [-0.2, -0.15) is 5.06 Å². The summed E-state index contributed by atoms with van der Waals surface area (Å²) in [5, 5.41) is 12.3. The lowest BCUT2D eigenvalue weighted by atomic mass is 10.2. The summed E-state index contributed by atoms with van der Waals surface area (Å²) in [6.07, 6.45) is 1.43. The topological polar surface area (TPSA) is 99.5 Å². The fourth-order valence-corrected chi connectivity index (χ4v) is 1.86. The third-order valence-electron chi connectivity index (χ3n) is 2.68. The van der Waals surface area contributed by atoms with Gasteiger partial charge in [-0.05, 0) is 4.92 Å². The van der Waals surface area contributed by atoms with Crippen molar-refractivity contribution >= 4 is 5.82 Å². The maximum absolute atomic E-state index is 10.7. The van der Waals surface area contributed by atoms with E-state index < -0.39 is 4.92 Å². The highest BCUT2D eigenvalue weighted by Gasteiger charge is 2.36. The van der Waals surface area contributed by atoms with Gasteiger partial charge in [0.05, 0.1) is 7.05 Å². The van der Waals surface area contributed by atoms with Crippen LogP contribution >= 0.6 is 0 Å². The van der Waals surface area contributed by atoms with Crippen molar-refractivity contribution in [3.8, 4) is 0 Å². The van der Waals surface area contributed by atoms with Crippen molar-refractivity contribution in [1.29, 1.82) is 0 Å². The van der Waals surface area contributed by atoms with Crippen LogP contribution in [0.1, 0.15) is 18.3 Å². The molecule has 0 aliphatic carbocycles. The Hall–Kier alpha value is -1.51. The van der Waals surface area contributed by atoms with Gasteiger partial charge in [-0.15, -0.1) is 0 Å². The molecule has 1 fully saturated rings. The summed E-state index contributed by atoms with van der Waals surface area (Å²) in [7, 11) is 3.34. The lowest BCUT2D eigenvalue weighted by molar-refractivity contribution is -0.391. The quantitative estimate of drug-likeness (QED) is 0.560. The maximum atomic E-state index is 10.7. The molecule has 2 unspecified atom stereocenters. The average molecular weight is 227 g/mol. The van der Waals surface area contributed by atoms with E-state index >= 15 is 0 Å². The number of nitrogens with two attached hydrogens (primary N) is 1. The fraction of sp³-hybridized carbons (Fsp3) is 0.625. The summed E-state index contributed by atoms with van der Waals surface area (Å²) < 4.78 is 1.45. The van der Waals surface area contributed by atoms with Crippen LogP contribution < -0.4 is 5.73 Å². The van der Waals surface area contributed by atoms with Crippen molar-refractivity contribution in [2.24, 2.45) is 12.8 Å². The second kappa shape index (κ2) is 3.81. The van der Waals surface area contributed by atoms with Crippen LogP contribution in [0.4, 0.5) is 5.82 Å². The zero-order valence-electron chi connectivity index (χ0n) is 9.03. The minimum Gasteiger partial charge on any atom is -0.358 e. The van der Waals surface area contributed by atoms with Gasteiger partial charge in [0.2, 0.25) is 5.82 Å². The molecule has 1 aromatic rings. The molecule has 1 aromatic heterocycles. The molecule has 0 radical (unpaired) electrons. The van der Waals surface area contributed by atoms with E-state index in [4.69, 9.17) is 10.6 Å². The molecule has 2 atom stereocenters. The lowest BCUT2D eigenvalue weighted by Crippen LogP contribution is -2.21. The first-order chi connectivity index (χ1) is 7.50. The number of hydrogen-bond acceptors (Lipinski definition) is 6. The van der Waals surface area contributed by atoms with Crippen LogP contribution in [0.25, 0.3) is 0 Å². The Morgan fingerprint density at radius 3 is 2.81 bits per heavy atom. The Morgan fingerprint density at radius 2 is 2.38 bits per heavy atom. The summed E-state index contributed by atoms with van der Waals surface area (Å²) in [5.41, 5.74) is 5.63. The van der Waals surface area contributed by atoms with E-state index in [1.165, 1.54) is 10.8 Å². The van der Waals surface area contributed by atoms with Crippen LogP contribution in [0.5, 0.6) is 0 Å². The van der Waals surface area contributed by atoms with Crippen molar-refractivity contribution in [2.75, 3.05) is 7.05 Å². The molecule has 8 heteroatoms. The molecule has 0 spiro atoms. The van der Waals surface area contributed by atoms with Crippen molar-refractivity contribution in [1.82, 2.24) is 14.6 Å². The highest BCUT2D eigenvalue weighted by molar-refractivity contribution is 5.20. The van der Waals surface area contributed by atoms with Crippen LogP contribution in [0, 0.1) is 10.1 Å². The molecule has 1 aliphatic heterocycles. The highest BCUT2D eigenvalue weighted by atomic mass is 16.7. The Balaban J connectivity index is 2.31. The van der Waals surface area contributed by atoms with E-state index in [0.29, 0.717) is 12.2 Å². The first-order valence-corrected chi connectivity index (χ1v) is 4.82. The molecule has 1 saturated heterocycles. The summed E-state index contributed by atoms with van der Waals surface area (Å²) >= 11 is 0. The summed E-state index contributed by atoms with van der Waals surface area (Å²) in [5.74, 6) is 0.547.